The fourth-order valence-corrected chi connectivity index (χ4v) is 1.88. The summed E-state index contributed by atoms with van der Waals surface area (Å²) in [6.45, 7) is 2.36. The Morgan fingerprint density at radius 3 is 2.65 bits per heavy atom. The first kappa shape index (κ1) is 12.0. The molecular formula is C14H13BrO2. The molecule has 0 saturated carbocycles. The number of para-hydroxylation sites is 1. The van der Waals surface area contributed by atoms with Gasteiger partial charge in [0, 0.05) is 10.0 Å². The van der Waals surface area contributed by atoms with Crippen molar-refractivity contribution in [3.05, 3.63) is 58.1 Å². The average molecular weight is 293 g/mol. The molecule has 0 radical (unpaired) electrons. The Kier molecular flexibility index (Phi) is 3.69. The van der Waals surface area contributed by atoms with E-state index in [1.807, 2.05) is 43.3 Å². The van der Waals surface area contributed by atoms with E-state index in [4.69, 9.17) is 4.74 Å². The highest BCUT2D eigenvalue weighted by molar-refractivity contribution is 9.10. The first-order valence-corrected chi connectivity index (χ1v) is 6.12. The molecule has 0 aromatic heterocycles. The molecule has 2 rings (SSSR count). The van der Waals surface area contributed by atoms with Crippen LogP contribution in [-0.2, 0) is 6.61 Å². The van der Waals surface area contributed by atoms with Gasteiger partial charge in [0.2, 0.25) is 0 Å². The maximum atomic E-state index is 9.73. The van der Waals surface area contributed by atoms with Crippen molar-refractivity contribution >= 4 is 15.9 Å². The van der Waals surface area contributed by atoms with Crippen LogP contribution in [0, 0.1) is 6.92 Å². The monoisotopic (exact) mass is 292 g/mol. The lowest BCUT2D eigenvalue weighted by atomic mass is 10.2. The van der Waals surface area contributed by atoms with Crippen molar-refractivity contribution in [3.8, 4) is 11.5 Å². The van der Waals surface area contributed by atoms with Crippen LogP contribution in [0.5, 0.6) is 11.5 Å². The summed E-state index contributed by atoms with van der Waals surface area (Å²) >= 11 is 3.30. The van der Waals surface area contributed by atoms with Crippen LogP contribution in [0.3, 0.4) is 0 Å². The van der Waals surface area contributed by atoms with Gasteiger partial charge in [-0.2, -0.15) is 0 Å². The van der Waals surface area contributed by atoms with E-state index in [9.17, 15) is 5.11 Å². The minimum atomic E-state index is 0.243. The number of aryl methyl sites for hydroxylation is 1. The topological polar surface area (TPSA) is 29.5 Å². The first-order chi connectivity index (χ1) is 8.16. The number of phenols is 1. The van der Waals surface area contributed by atoms with Gasteiger partial charge >= 0.3 is 0 Å². The Hall–Kier alpha value is -1.48. The third-order valence-electron chi connectivity index (χ3n) is 2.52. The van der Waals surface area contributed by atoms with Gasteiger partial charge < -0.3 is 9.84 Å². The third kappa shape index (κ3) is 3.01. The van der Waals surface area contributed by atoms with Crippen LogP contribution in [0.2, 0.25) is 0 Å². The molecule has 0 amide bonds. The molecule has 0 bridgehead atoms. The normalized spacial score (nSPS) is 10.2. The third-order valence-corrected chi connectivity index (χ3v) is 3.02. The highest BCUT2D eigenvalue weighted by Crippen LogP contribution is 2.24. The summed E-state index contributed by atoms with van der Waals surface area (Å²) in [5.74, 6) is 1.09. The van der Waals surface area contributed by atoms with E-state index in [2.05, 4.69) is 15.9 Å². The van der Waals surface area contributed by atoms with Crippen LogP contribution < -0.4 is 4.74 Å². The molecule has 17 heavy (non-hydrogen) atoms. The molecule has 0 aliphatic rings. The van der Waals surface area contributed by atoms with E-state index < -0.39 is 0 Å². The van der Waals surface area contributed by atoms with Crippen LogP contribution in [0.1, 0.15) is 11.1 Å². The molecule has 88 valence electrons. The van der Waals surface area contributed by atoms with Gasteiger partial charge in [0.15, 0.2) is 0 Å². The van der Waals surface area contributed by atoms with Crippen molar-refractivity contribution in [3.63, 3.8) is 0 Å². The Morgan fingerprint density at radius 1 is 1.18 bits per heavy atom. The number of hydrogen-bond donors (Lipinski definition) is 1. The van der Waals surface area contributed by atoms with E-state index >= 15 is 0 Å². The quantitative estimate of drug-likeness (QED) is 0.925. The van der Waals surface area contributed by atoms with Crippen molar-refractivity contribution in [1.29, 1.82) is 0 Å². The van der Waals surface area contributed by atoms with Crippen molar-refractivity contribution < 1.29 is 9.84 Å². The molecule has 0 unspecified atom stereocenters. The van der Waals surface area contributed by atoms with E-state index in [1.165, 1.54) is 0 Å². The lowest BCUT2D eigenvalue weighted by Crippen LogP contribution is -1.97. The number of benzene rings is 2. The second-order valence-corrected chi connectivity index (χ2v) is 4.74. The lowest BCUT2D eigenvalue weighted by Gasteiger charge is -2.10. The van der Waals surface area contributed by atoms with Crippen LogP contribution in [0.25, 0.3) is 0 Å². The summed E-state index contributed by atoms with van der Waals surface area (Å²) in [6.07, 6.45) is 0. The van der Waals surface area contributed by atoms with E-state index in [0.29, 0.717) is 6.61 Å². The fraction of sp³-hybridized carbons (Fsp3) is 0.143. The largest absolute Gasteiger partial charge is 0.507 e. The Bertz CT molecular complexity index is 523. The number of aromatic hydroxyl groups is 1. The molecule has 0 heterocycles. The molecule has 1 N–H and O–H groups in total. The Labute approximate surface area is 109 Å². The van der Waals surface area contributed by atoms with Crippen LogP contribution in [-0.4, -0.2) is 5.11 Å². The smallest absolute Gasteiger partial charge is 0.123 e. The molecule has 0 atom stereocenters. The molecule has 0 saturated heterocycles. The molecule has 0 aliphatic heterocycles. The molecule has 0 spiro atoms. The van der Waals surface area contributed by atoms with Crippen LogP contribution in [0.15, 0.2) is 46.9 Å². The van der Waals surface area contributed by atoms with E-state index in [0.717, 1.165) is 21.3 Å². The molecule has 3 heteroatoms. The zero-order valence-corrected chi connectivity index (χ0v) is 11.1. The van der Waals surface area contributed by atoms with Gasteiger partial charge in [0.1, 0.15) is 18.1 Å². The van der Waals surface area contributed by atoms with Crippen molar-refractivity contribution in [2.45, 2.75) is 13.5 Å². The lowest BCUT2D eigenvalue weighted by molar-refractivity contribution is 0.297. The van der Waals surface area contributed by atoms with Crippen LogP contribution in [0.4, 0.5) is 0 Å². The average Bonchev–Trinajstić information content (AvgIpc) is 2.30. The zero-order valence-electron chi connectivity index (χ0n) is 9.48. The van der Waals surface area contributed by atoms with Crippen LogP contribution >= 0.6 is 15.9 Å². The number of ether oxygens (including phenoxy) is 1. The van der Waals surface area contributed by atoms with E-state index in [-0.39, 0.29) is 5.75 Å². The molecule has 0 aliphatic carbocycles. The maximum Gasteiger partial charge on any atom is 0.123 e. The summed E-state index contributed by atoms with van der Waals surface area (Å²) < 4.78 is 6.52. The number of rotatable bonds is 3. The molecule has 2 aromatic carbocycles. The highest BCUT2D eigenvalue weighted by atomic mass is 79.9. The van der Waals surface area contributed by atoms with Crippen molar-refractivity contribution in [1.82, 2.24) is 0 Å². The predicted molar refractivity (Wildman–Crippen MR) is 71.3 cm³/mol. The molecule has 0 fully saturated rings. The zero-order chi connectivity index (χ0) is 12.3. The summed E-state index contributed by atoms with van der Waals surface area (Å²) in [5.41, 5.74) is 1.86. The van der Waals surface area contributed by atoms with Crippen molar-refractivity contribution in [2.24, 2.45) is 0 Å². The number of hydrogen-bond acceptors (Lipinski definition) is 2. The fourth-order valence-electron chi connectivity index (χ4n) is 1.53. The van der Waals surface area contributed by atoms with Gasteiger partial charge in [-0.25, -0.2) is 0 Å². The van der Waals surface area contributed by atoms with Gasteiger partial charge in [0.25, 0.3) is 0 Å². The van der Waals surface area contributed by atoms with Gasteiger partial charge in [-0.1, -0.05) is 40.2 Å². The molecule has 2 nitrogen and oxygen atoms in total. The van der Waals surface area contributed by atoms with Crippen molar-refractivity contribution in [2.75, 3.05) is 0 Å². The van der Waals surface area contributed by atoms with Gasteiger partial charge in [-0.3, -0.25) is 0 Å². The van der Waals surface area contributed by atoms with Gasteiger partial charge in [-0.05, 0) is 30.7 Å². The first-order valence-electron chi connectivity index (χ1n) is 5.32. The second kappa shape index (κ2) is 5.23. The summed E-state index contributed by atoms with van der Waals surface area (Å²) in [7, 11) is 0. The summed E-state index contributed by atoms with van der Waals surface area (Å²) in [6, 6.07) is 13.2. The van der Waals surface area contributed by atoms with Gasteiger partial charge in [0.05, 0.1) is 0 Å². The highest BCUT2D eigenvalue weighted by Gasteiger charge is 2.04. The summed E-state index contributed by atoms with van der Waals surface area (Å²) in [5, 5.41) is 9.73. The minimum absolute atomic E-state index is 0.243. The molecule has 2 aromatic rings. The SMILES string of the molecule is Cc1ccccc1OCc1ccc(Br)cc1O. The predicted octanol–water partition coefficient (Wildman–Crippen LogP) is 4.04. The van der Waals surface area contributed by atoms with Gasteiger partial charge in [-0.15, -0.1) is 0 Å². The number of phenolic OH excluding ortho intramolecular Hbond substituents is 1. The second-order valence-electron chi connectivity index (χ2n) is 3.83. The maximum absolute atomic E-state index is 9.73. The Balaban J connectivity index is 2.10. The molecular weight excluding hydrogens is 280 g/mol. The van der Waals surface area contributed by atoms with E-state index in [1.54, 1.807) is 6.07 Å². The summed E-state index contributed by atoms with van der Waals surface area (Å²) in [4.78, 5) is 0. The number of halogens is 1. The Morgan fingerprint density at radius 2 is 1.94 bits per heavy atom. The minimum Gasteiger partial charge on any atom is -0.507 e. The standard InChI is InChI=1S/C14H13BrO2/c1-10-4-2-3-5-14(10)17-9-11-6-7-12(15)8-13(11)16/h2-8,16H,9H2,1H3.